The van der Waals surface area contributed by atoms with Gasteiger partial charge in [0.05, 0.1) is 19.1 Å². The van der Waals surface area contributed by atoms with E-state index in [0.29, 0.717) is 17.1 Å². The molecule has 1 heterocycles. The Labute approximate surface area is 174 Å². The average molecular weight is 427 g/mol. The first-order valence-corrected chi connectivity index (χ1v) is 10.8. The van der Waals surface area contributed by atoms with Crippen LogP contribution in [0, 0.1) is 6.92 Å². The van der Waals surface area contributed by atoms with Gasteiger partial charge in [-0.2, -0.15) is 0 Å². The highest BCUT2D eigenvalue weighted by molar-refractivity contribution is 7.92. The van der Waals surface area contributed by atoms with Crippen LogP contribution in [0.5, 0.6) is 5.75 Å². The molecule has 156 valence electrons. The maximum atomic E-state index is 12.6. The highest BCUT2D eigenvalue weighted by atomic mass is 32.2. The van der Waals surface area contributed by atoms with Crippen LogP contribution < -0.4 is 20.3 Å². The van der Waals surface area contributed by atoms with E-state index in [1.165, 1.54) is 25.3 Å². The number of aromatic amines is 1. The highest BCUT2D eigenvalue weighted by Gasteiger charge is 2.14. The van der Waals surface area contributed by atoms with Gasteiger partial charge >= 0.3 is 0 Å². The molecule has 9 heteroatoms. The van der Waals surface area contributed by atoms with Gasteiger partial charge in [-0.25, -0.2) is 8.42 Å². The number of hydrogen-bond donors (Lipinski definition) is 3. The molecule has 2 aromatic carbocycles. The fraction of sp³-hybridized carbons (Fsp3) is 0.143. The Morgan fingerprint density at radius 3 is 2.47 bits per heavy atom. The molecule has 3 aromatic rings. The molecule has 1 aromatic heterocycles. The molecule has 0 aliphatic heterocycles. The number of benzene rings is 2. The van der Waals surface area contributed by atoms with Gasteiger partial charge in [0.2, 0.25) is 10.0 Å². The van der Waals surface area contributed by atoms with Crippen molar-refractivity contribution in [3.8, 4) is 17.0 Å². The second-order valence-electron chi connectivity index (χ2n) is 6.73. The molecule has 0 spiro atoms. The van der Waals surface area contributed by atoms with Crippen LogP contribution in [-0.2, 0) is 10.0 Å². The van der Waals surface area contributed by atoms with E-state index in [0.717, 1.165) is 17.4 Å². The largest absolute Gasteiger partial charge is 0.495 e. The summed E-state index contributed by atoms with van der Waals surface area (Å²) in [5, 5.41) is 2.60. The van der Waals surface area contributed by atoms with Crippen LogP contribution in [0.2, 0.25) is 0 Å². The second-order valence-corrected chi connectivity index (χ2v) is 8.48. The number of nitrogens with one attached hydrogen (secondary N) is 3. The van der Waals surface area contributed by atoms with Crippen LogP contribution in [0.1, 0.15) is 15.9 Å². The molecular formula is C21H21N3O5S. The maximum Gasteiger partial charge on any atom is 0.261 e. The lowest BCUT2D eigenvalue weighted by Gasteiger charge is -2.12. The molecule has 0 radical (unpaired) electrons. The lowest BCUT2D eigenvalue weighted by Crippen LogP contribution is -2.23. The van der Waals surface area contributed by atoms with Crippen molar-refractivity contribution >= 4 is 27.3 Å². The standard InChI is InChI=1S/C21H21N3O5S/c1-13-5-4-6-14(11-13)17-9-8-16(21(26)23-17)20(25)22-15-7-10-19(29-2)18(12-15)24-30(3,27)28/h4-12,24H,1-3H3,(H,22,25)(H,23,26). The number of methoxy groups -OCH3 is 1. The van der Waals surface area contributed by atoms with Crippen molar-refractivity contribution in [3.05, 3.63) is 76.1 Å². The molecule has 0 saturated carbocycles. The van der Waals surface area contributed by atoms with Crippen LogP contribution in [0.25, 0.3) is 11.3 Å². The number of anilines is 2. The summed E-state index contributed by atoms with van der Waals surface area (Å²) in [5.74, 6) is -0.332. The topological polar surface area (TPSA) is 117 Å². The zero-order valence-electron chi connectivity index (χ0n) is 16.6. The van der Waals surface area contributed by atoms with Gasteiger partial charge in [-0.15, -0.1) is 0 Å². The first-order valence-electron chi connectivity index (χ1n) is 8.94. The number of hydrogen-bond acceptors (Lipinski definition) is 5. The van der Waals surface area contributed by atoms with Crippen molar-refractivity contribution in [3.63, 3.8) is 0 Å². The number of amides is 1. The van der Waals surface area contributed by atoms with Gasteiger partial charge in [-0.1, -0.05) is 23.8 Å². The smallest absolute Gasteiger partial charge is 0.261 e. The molecule has 3 rings (SSSR count). The lowest BCUT2D eigenvalue weighted by atomic mass is 10.1. The Balaban J connectivity index is 1.86. The number of rotatable bonds is 6. The highest BCUT2D eigenvalue weighted by Crippen LogP contribution is 2.28. The lowest BCUT2D eigenvalue weighted by molar-refractivity contribution is 0.102. The van der Waals surface area contributed by atoms with Crippen LogP contribution in [0.4, 0.5) is 11.4 Å². The van der Waals surface area contributed by atoms with Crippen molar-refractivity contribution in [2.75, 3.05) is 23.4 Å². The second kappa shape index (κ2) is 8.42. The summed E-state index contributed by atoms with van der Waals surface area (Å²) in [6.07, 6.45) is 1.01. The van der Waals surface area contributed by atoms with Crippen LogP contribution in [0.15, 0.2) is 59.4 Å². The minimum atomic E-state index is -3.55. The van der Waals surface area contributed by atoms with Gasteiger partial charge in [0.25, 0.3) is 11.5 Å². The molecule has 1 amide bonds. The molecule has 30 heavy (non-hydrogen) atoms. The predicted molar refractivity (Wildman–Crippen MR) is 117 cm³/mol. The molecular weight excluding hydrogens is 406 g/mol. The van der Waals surface area contributed by atoms with Crippen molar-refractivity contribution in [2.24, 2.45) is 0 Å². The molecule has 0 fully saturated rings. The van der Waals surface area contributed by atoms with E-state index >= 15 is 0 Å². The Bertz CT molecular complexity index is 1270. The molecule has 0 saturated heterocycles. The minimum absolute atomic E-state index is 0.0696. The molecule has 0 aliphatic rings. The zero-order chi connectivity index (χ0) is 21.9. The maximum absolute atomic E-state index is 12.6. The molecule has 8 nitrogen and oxygen atoms in total. The van der Waals surface area contributed by atoms with Gasteiger partial charge in [-0.3, -0.25) is 14.3 Å². The normalized spacial score (nSPS) is 11.0. The van der Waals surface area contributed by atoms with E-state index in [4.69, 9.17) is 4.74 Å². The fourth-order valence-corrected chi connectivity index (χ4v) is 3.46. The first kappa shape index (κ1) is 21.1. The number of H-pyrrole nitrogens is 1. The molecule has 3 N–H and O–H groups in total. The third-order valence-corrected chi connectivity index (χ3v) is 4.83. The molecule has 0 unspecified atom stereocenters. The van der Waals surface area contributed by atoms with Crippen molar-refractivity contribution in [1.29, 1.82) is 0 Å². The fourth-order valence-electron chi connectivity index (χ4n) is 2.90. The summed E-state index contributed by atoms with van der Waals surface area (Å²) >= 11 is 0. The Morgan fingerprint density at radius 2 is 1.83 bits per heavy atom. The van der Waals surface area contributed by atoms with Gasteiger partial charge in [0.1, 0.15) is 11.3 Å². The summed E-state index contributed by atoms with van der Waals surface area (Å²) < 4.78 is 30.5. The average Bonchev–Trinajstić information content (AvgIpc) is 2.67. The van der Waals surface area contributed by atoms with E-state index in [1.807, 2.05) is 31.2 Å². The third-order valence-electron chi connectivity index (χ3n) is 4.24. The monoisotopic (exact) mass is 427 g/mol. The quantitative estimate of drug-likeness (QED) is 0.559. The van der Waals surface area contributed by atoms with E-state index in [2.05, 4.69) is 15.0 Å². The Kier molecular flexibility index (Phi) is 5.93. The number of carbonyl (C=O) groups excluding carboxylic acids is 1. The number of ether oxygens (including phenoxy) is 1. The summed E-state index contributed by atoms with van der Waals surface area (Å²) in [6.45, 7) is 1.95. The third kappa shape index (κ3) is 5.06. The number of aryl methyl sites for hydroxylation is 1. The number of sulfonamides is 1. The van der Waals surface area contributed by atoms with Gasteiger partial charge < -0.3 is 15.0 Å². The van der Waals surface area contributed by atoms with E-state index in [1.54, 1.807) is 12.1 Å². The summed E-state index contributed by atoms with van der Waals surface area (Å²) in [5.41, 5.74) is 2.35. The van der Waals surface area contributed by atoms with E-state index in [9.17, 15) is 18.0 Å². The van der Waals surface area contributed by atoms with Crippen molar-refractivity contribution in [2.45, 2.75) is 6.92 Å². The number of pyridine rings is 1. The Hall–Kier alpha value is -3.59. The van der Waals surface area contributed by atoms with Crippen molar-refractivity contribution < 1.29 is 17.9 Å². The zero-order valence-corrected chi connectivity index (χ0v) is 17.5. The predicted octanol–water partition coefficient (Wildman–Crippen LogP) is 2.98. The summed E-state index contributed by atoms with van der Waals surface area (Å²) in [7, 11) is -2.15. The van der Waals surface area contributed by atoms with E-state index < -0.39 is 21.5 Å². The first-order chi connectivity index (χ1) is 14.2. The molecule has 0 bridgehead atoms. The van der Waals surface area contributed by atoms with Gasteiger partial charge in [0, 0.05) is 11.4 Å². The van der Waals surface area contributed by atoms with Gasteiger partial charge in [0.15, 0.2) is 0 Å². The van der Waals surface area contributed by atoms with Gasteiger partial charge in [-0.05, 0) is 48.9 Å². The molecule has 0 aliphatic carbocycles. The summed E-state index contributed by atoms with van der Waals surface area (Å²) in [6, 6.07) is 15.2. The SMILES string of the molecule is COc1ccc(NC(=O)c2ccc(-c3cccc(C)c3)[nH]c2=O)cc1NS(C)(=O)=O. The van der Waals surface area contributed by atoms with Crippen LogP contribution in [-0.4, -0.2) is 32.7 Å². The molecule has 0 atom stereocenters. The minimum Gasteiger partial charge on any atom is -0.495 e. The van der Waals surface area contributed by atoms with Crippen molar-refractivity contribution in [1.82, 2.24) is 4.98 Å². The van der Waals surface area contributed by atoms with E-state index in [-0.39, 0.29) is 11.3 Å². The van der Waals surface area contributed by atoms with Crippen LogP contribution >= 0.6 is 0 Å². The number of carbonyl (C=O) groups is 1. The Morgan fingerprint density at radius 1 is 1.07 bits per heavy atom. The van der Waals surface area contributed by atoms with Crippen LogP contribution in [0.3, 0.4) is 0 Å². The number of aromatic nitrogens is 1. The summed E-state index contributed by atoms with van der Waals surface area (Å²) in [4.78, 5) is 27.8.